The lowest BCUT2D eigenvalue weighted by atomic mass is 9.99. The van der Waals surface area contributed by atoms with Crippen molar-refractivity contribution in [1.29, 1.82) is 0 Å². The van der Waals surface area contributed by atoms with Crippen molar-refractivity contribution in [2.75, 3.05) is 33.9 Å². The van der Waals surface area contributed by atoms with E-state index in [1.54, 1.807) is 39.0 Å². The summed E-state index contributed by atoms with van der Waals surface area (Å²) in [6.45, 7) is 6.89. The summed E-state index contributed by atoms with van der Waals surface area (Å²) in [5.74, 6) is 0.0481. The van der Waals surface area contributed by atoms with Crippen molar-refractivity contribution in [3.05, 3.63) is 52.3 Å². The lowest BCUT2D eigenvalue weighted by Crippen LogP contribution is -2.19. The summed E-state index contributed by atoms with van der Waals surface area (Å²) in [5, 5.41) is 0. The van der Waals surface area contributed by atoms with Gasteiger partial charge in [-0.1, -0.05) is 12.1 Å². The molecule has 0 unspecified atom stereocenters. The highest BCUT2D eigenvalue weighted by Crippen LogP contribution is 2.24. The Hall–Kier alpha value is -2.60. The standard InChI is InChI=1S/C20H26N2O4/c1-6-25-20(24)18-13(2)17(14(3)21-18)19(23)15-8-7-9-16(12-15)26-11-10-22(4)5/h7-9,12,21H,6,10-11H2,1-5H3. The molecule has 140 valence electrons. The number of H-pyrrole nitrogens is 1. The molecule has 1 aromatic heterocycles. The highest BCUT2D eigenvalue weighted by molar-refractivity contribution is 6.12. The Morgan fingerprint density at radius 1 is 1.19 bits per heavy atom. The predicted molar refractivity (Wildman–Crippen MR) is 100 cm³/mol. The molecule has 2 aromatic rings. The molecule has 1 heterocycles. The second kappa shape index (κ2) is 8.67. The molecule has 0 atom stereocenters. The van der Waals surface area contributed by atoms with Gasteiger partial charge in [-0.15, -0.1) is 0 Å². The van der Waals surface area contributed by atoms with Crippen LogP contribution in [0.4, 0.5) is 0 Å². The van der Waals surface area contributed by atoms with Crippen molar-refractivity contribution < 1.29 is 19.1 Å². The third-order valence-electron chi connectivity index (χ3n) is 4.05. The van der Waals surface area contributed by atoms with Crippen molar-refractivity contribution in [2.24, 2.45) is 0 Å². The zero-order valence-electron chi connectivity index (χ0n) is 16.0. The topological polar surface area (TPSA) is 71.6 Å². The fourth-order valence-corrected chi connectivity index (χ4v) is 2.72. The summed E-state index contributed by atoms with van der Waals surface area (Å²) in [6, 6.07) is 7.10. The van der Waals surface area contributed by atoms with Gasteiger partial charge in [-0.2, -0.15) is 0 Å². The quantitative estimate of drug-likeness (QED) is 0.580. The van der Waals surface area contributed by atoms with Crippen molar-refractivity contribution in [3.8, 4) is 5.75 Å². The van der Waals surface area contributed by atoms with E-state index in [1.165, 1.54) is 0 Å². The van der Waals surface area contributed by atoms with Gasteiger partial charge in [-0.25, -0.2) is 4.79 Å². The van der Waals surface area contributed by atoms with E-state index in [1.807, 2.05) is 25.1 Å². The molecule has 0 saturated heterocycles. The molecule has 0 amide bonds. The number of ketones is 1. The van der Waals surface area contributed by atoms with E-state index < -0.39 is 5.97 Å². The number of carbonyl (C=O) groups excluding carboxylic acids is 2. The van der Waals surface area contributed by atoms with Gasteiger partial charge in [0.15, 0.2) is 5.78 Å². The number of aryl methyl sites for hydroxylation is 1. The molecular weight excluding hydrogens is 332 g/mol. The van der Waals surface area contributed by atoms with Crippen LogP contribution in [-0.4, -0.2) is 55.5 Å². The number of aromatic nitrogens is 1. The number of esters is 1. The summed E-state index contributed by atoms with van der Waals surface area (Å²) in [5.41, 5.74) is 2.59. The average Bonchev–Trinajstić information content (AvgIpc) is 2.89. The third kappa shape index (κ3) is 4.52. The Kier molecular flexibility index (Phi) is 6.58. The smallest absolute Gasteiger partial charge is 0.355 e. The molecule has 0 saturated carbocycles. The van der Waals surface area contributed by atoms with Gasteiger partial charge in [0.25, 0.3) is 0 Å². The maximum Gasteiger partial charge on any atom is 0.355 e. The van der Waals surface area contributed by atoms with Crippen LogP contribution in [0.1, 0.15) is 44.6 Å². The van der Waals surface area contributed by atoms with Crippen LogP contribution in [0.15, 0.2) is 24.3 Å². The van der Waals surface area contributed by atoms with Crippen LogP contribution in [0.5, 0.6) is 5.75 Å². The lowest BCUT2D eigenvalue weighted by molar-refractivity contribution is 0.0519. The normalized spacial score (nSPS) is 10.8. The van der Waals surface area contributed by atoms with Crippen molar-refractivity contribution in [1.82, 2.24) is 9.88 Å². The fraction of sp³-hybridized carbons (Fsp3) is 0.400. The zero-order chi connectivity index (χ0) is 19.3. The van der Waals surface area contributed by atoms with Gasteiger partial charge in [0.1, 0.15) is 18.1 Å². The third-order valence-corrected chi connectivity index (χ3v) is 4.05. The van der Waals surface area contributed by atoms with E-state index in [2.05, 4.69) is 4.98 Å². The Morgan fingerprint density at radius 3 is 2.58 bits per heavy atom. The number of benzene rings is 1. The number of rotatable bonds is 8. The number of nitrogens with one attached hydrogen (secondary N) is 1. The van der Waals surface area contributed by atoms with Crippen molar-refractivity contribution in [2.45, 2.75) is 20.8 Å². The SMILES string of the molecule is CCOC(=O)c1[nH]c(C)c(C(=O)c2cccc(OCCN(C)C)c2)c1C. The first-order chi connectivity index (χ1) is 12.3. The van der Waals surface area contributed by atoms with Crippen LogP contribution in [0.3, 0.4) is 0 Å². The first-order valence-corrected chi connectivity index (χ1v) is 8.63. The number of hydrogen-bond acceptors (Lipinski definition) is 5. The summed E-state index contributed by atoms with van der Waals surface area (Å²) in [4.78, 5) is 30.0. The molecule has 6 nitrogen and oxygen atoms in total. The van der Waals surface area contributed by atoms with E-state index >= 15 is 0 Å². The minimum atomic E-state index is -0.451. The number of ether oxygens (including phenoxy) is 2. The predicted octanol–water partition coefficient (Wildman–Crippen LogP) is 2.98. The molecule has 1 aromatic carbocycles. The van der Waals surface area contributed by atoms with Crippen LogP contribution in [0, 0.1) is 13.8 Å². The van der Waals surface area contributed by atoms with Crippen LogP contribution >= 0.6 is 0 Å². The van der Waals surface area contributed by atoms with Crippen molar-refractivity contribution in [3.63, 3.8) is 0 Å². The summed E-state index contributed by atoms with van der Waals surface area (Å²) in [7, 11) is 3.95. The molecule has 0 radical (unpaired) electrons. The second-order valence-electron chi connectivity index (χ2n) is 6.35. The van der Waals surface area contributed by atoms with E-state index in [0.29, 0.717) is 40.4 Å². The molecule has 6 heteroatoms. The maximum atomic E-state index is 13.0. The number of likely N-dealkylation sites (N-methyl/N-ethyl adjacent to an activating group) is 1. The number of hydrogen-bond donors (Lipinski definition) is 1. The molecule has 0 aliphatic heterocycles. The second-order valence-corrected chi connectivity index (χ2v) is 6.35. The van der Waals surface area contributed by atoms with Crippen LogP contribution in [0.25, 0.3) is 0 Å². The largest absolute Gasteiger partial charge is 0.492 e. The van der Waals surface area contributed by atoms with Gasteiger partial charge < -0.3 is 19.4 Å². The lowest BCUT2D eigenvalue weighted by Gasteiger charge is -2.11. The molecule has 26 heavy (non-hydrogen) atoms. The van der Waals surface area contributed by atoms with Gasteiger partial charge in [-0.3, -0.25) is 4.79 Å². The first kappa shape index (κ1) is 19.7. The molecule has 0 aliphatic carbocycles. The monoisotopic (exact) mass is 358 g/mol. The fourth-order valence-electron chi connectivity index (χ4n) is 2.72. The Balaban J connectivity index is 2.25. The molecule has 0 aliphatic rings. The highest BCUT2D eigenvalue weighted by atomic mass is 16.5. The minimum absolute atomic E-state index is 0.148. The Bertz CT molecular complexity index is 793. The zero-order valence-corrected chi connectivity index (χ0v) is 16.0. The van der Waals surface area contributed by atoms with E-state index in [0.717, 1.165) is 6.54 Å². The first-order valence-electron chi connectivity index (χ1n) is 8.63. The van der Waals surface area contributed by atoms with Crippen LogP contribution < -0.4 is 4.74 Å². The number of nitrogens with zero attached hydrogens (tertiary/aromatic N) is 1. The van der Waals surface area contributed by atoms with Gasteiger partial charge in [0.05, 0.1) is 6.61 Å². The number of aromatic amines is 1. The van der Waals surface area contributed by atoms with Crippen molar-refractivity contribution >= 4 is 11.8 Å². The van der Waals surface area contributed by atoms with E-state index in [9.17, 15) is 9.59 Å². The van der Waals surface area contributed by atoms with Gasteiger partial charge in [0.2, 0.25) is 0 Å². The summed E-state index contributed by atoms with van der Waals surface area (Å²) < 4.78 is 10.7. The molecule has 0 bridgehead atoms. The minimum Gasteiger partial charge on any atom is -0.492 e. The van der Waals surface area contributed by atoms with Gasteiger partial charge in [-0.05, 0) is 52.6 Å². The molecular formula is C20H26N2O4. The Morgan fingerprint density at radius 2 is 1.92 bits per heavy atom. The molecule has 0 spiro atoms. The van der Waals surface area contributed by atoms with Crippen LogP contribution in [-0.2, 0) is 4.74 Å². The van der Waals surface area contributed by atoms with Gasteiger partial charge in [0, 0.05) is 23.4 Å². The molecule has 2 rings (SSSR count). The van der Waals surface area contributed by atoms with Gasteiger partial charge >= 0.3 is 5.97 Å². The summed E-state index contributed by atoms with van der Waals surface area (Å²) >= 11 is 0. The highest BCUT2D eigenvalue weighted by Gasteiger charge is 2.23. The maximum absolute atomic E-state index is 13.0. The van der Waals surface area contributed by atoms with Crippen LogP contribution in [0.2, 0.25) is 0 Å². The van der Waals surface area contributed by atoms with E-state index in [4.69, 9.17) is 9.47 Å². The molecule has 0 fully saturated rings. The molecule has 1 N–H and O–H groups in total. The summed E-state index contributed by atoms with van der Waals surface area (Å²) in [6.07, 6.45) is 0. The Labute approximate surface area is 154 Å². The average molecular weight is 358 g/mol. The number of carbonyl (C=O) groups is 2. The van der Waals surface area contributed by atoms with E-state index in [-0.39, 0.29) is 12.4 Å².